The second-order valence-corrected chi connectivity index (χ2v) is 11.7. The molecular formula is C22H36F3N3O8S. The molecule has 214 valence electrons. The van der Waals surface area contributed by atoms with Crippen LogP contribution >= 0.6 is 0 Å². The van der Waals surface area contributed by atoms with Crippen LogP contribution in [0.15, 0.2) is 0 Å². The molecule has 0 radical (unpaired) electrons. The molecule has 2 rings (SSSR count). The lowest BCUT2D eigenvalue weighted by molar-refractivity contribution is -0.184. The van der Waals surface area contributed by atoms with E-state index in [4.69, 9.17) is 4.74 Å². The molecule has 0 spiro atoms. The predicted octanol–water partition coefficient (Wildman–Crippen LogP) is 1.71. The summed E-state index contributed by atoms with van der Waals surface area (Å²) in [6.45, 7) is 3.75. The van der Waals surface area contributed by atoms with Gasteiger partial charge in [0.2, 0.25) is 17.3 Å². The van der Waals surface area contributed by atoms with Crippen LogP contribution in [0.25, 0.3) is 0 Å². The molecule has 11 nitrogen and oxygen atoms in total. The number of halogens is 3. The minimum Gasteiger partial charge on any atom is -0.449 e. The Morgan fingerprint density at radius 3 is 2.24 bits per heavy atom. The second-order valence-electron chi connectivity index (χ2n) is 10.2. The summed E-state index contributed by atoms with van der Waals surface area (Å²) in [6.07, 6.45) is -4.64. The minimum absolute atomic E-state index is 0.0476. The smallest absolute Gasteiger partial charge is 0.407 e. The lowest BCUT2D eigenvalue weighted by Gasteiger charge is -2.30. The van der Waals surface area contributed by atoms with Gasteiger partial charge in [0.15, 0.2) is 0 Å². The first-order valence-corrected chi connectivity index (χ1v) is 13.8. The SMILES string of the molecule is CC(C)C[C@H](NC(=O)OCC1CCC(C(F)(F)F)CC1)C(=O)N[C@@H](C[C@@H]1CCNC1=O)C(O)S(=O)(=O)O. The molecule has 5 N–H and O–H groups in total. The molecule has 1 saturated carbocycles. The number of nitrogens with one attached hydrogen (secondary N) is 3. The Hall–Kier alpha value is -2.13. The van der Waals surface area contributed by atoms with Gasteiger partial charge in [0, 0.05) is 12.5 Å². The van der Waals surface area contributed by atoms with Crippen molar-refractivity contribution in [2.75, 3.05) is 13.2 Å². The number of alkyl halides is 3. The summed E-state index contributed by atoms with van der Waals surface area (Å²) < 4.78 is 76.0. The summed E-state index contributed by atoms with van der Waals surface area (Å²) in [6, 6.07) is -2.74. The first kappa shape index (κ1) is 31.1. The highest BCUT2D eigenvalue weighted by molar-refractivity contribution is 7.86. The number of rotatable bonds is 11. The Kier molecular flexibility index (Phi) is 11.0. The van der Waals surface area contributed by atoms with Crippen molar-refractivity contribution in [1.82, 2.24) is 16.0 Å². The fourth-order valence-electron chi connectivity index (χ4n) is 4.65. The van der Waals surface area contributed by atoms with Crippen molar-refractivity contribution < 1.29 is 50.4 Å². The van der Waals surface area contributed by atoms with Gasteiger partial charge in [0.1, 0.15) is 6.04 Å². The van der Waals surface area contributed by atoms with Crippen LogP contribution in [0, 0.1) is 23.7 Å². The van der Waals surface area contributed by atoms with E-state index >= 15 is 0 Å². The van der Waals surface area contributed by atoms with Gasteiger partial charge in [-0.3, -0.25) is 14.1 Å². The highest BCUT2D eigenvalue weighted by Gasteiger charge is 2.42. The Morgan fingerprint density at radius 1 is 1.14 bits per heavy atom. The van der Waals surface area contributed by atoms with Gasteiger partial charge >= 0.3 is 12.3 Å². The van der Waals surface area contributed by atoms with E-state index in [1.54, 1.807) is 13.8 Å². The van der Waals surface area contributed by atoms with E-state index in [1.807, 2.05) is 0 Å². The summed E-state index contributed by atoms with van der Waals surface area (Å²) >= 11 is 0. The van der Waals surface area contributed by atoms with Gasteiger partial charge in [-0.1, -0.05) is 13.8 Å². The number of amides is 3. The van der Waals surface area contributed by atoms with Crippen LogP contribution in [-0.2, 0) is 24.4 Å². The van der Waals surface area contributed by atoms with Gasteiger partial charge < -0.3 is 25.8 Å². The molecule has 37 heavy (non-hydrogen) atoms. The van der Waals surface area contributed by atoms with Crippen molar-refractivity contribution in [2.45, 2.75) is 82.5 Å². The fourth-order valence-corrected chi connectivity index (χ4v) is 5.25. The van der Waals surface area contributed by atoms with E-state index in [1.165, 1.54) is 0 Å². The van der Waals surface area contributed by atoms with Crippen molar-refractivity contribution in [2.24, 2.45) is 23.7 Å². The number of alkyl carbamates (subject to hydrolysis) is 1. The third-order valence-electron chi connectivity index (χ3n) is 6.75. The number of carbonyl (C=O) groups is 3. The molecular weight excluding hydrogens is 523 g/mol. The van der Waals surface area contributed by atoms with Crippen LogP contribution in [-0.4, -0.2) is 72.8 Å². The van der Waals surface area contributed by atoms with Crippen LogP contribution in [0.4, 0.5) is 18.0 Å². The third kappa shape index (κ3) is 9.93. The summed E-state index contributed by atoms with van der Waals surface area (Å²) in [7, 11) is -4.99. The molecule has 0 aromatic rings. The van der Waals surface area contributed by atoms with Crippen molar-refractivity contribution in [3.8, 4) is 0 Å². The lowest BCUT2D eigenvalue weighted by Crippen LogP contribution is -2.55. The first-order valence-electron chi connectivity index (χ1n) is 12.3. The van der Waals surface area contributed by atoms with Crippen molar-refractivity contribution in [3.63, 3.8) is 0 Å². The quantitative estimate of drug-likeness (QED) is 0.238. The van der Waals surface area contributed by atoms with E-state index in [0.29, 0.717) is 13.0 Å². The van der Waals surface area contributed by atoms with Gasteiger partial charge in [0.05, 0.1) is 18.6 Å². The molecule has 3 amide bonds. The Labute approximate surface area is 214 Å². The van der Waals surface area contributed by atoms with Gasteiger partial charge in [-0.15, -0.1) is 0 Å². The fraction of sp³-hybridized carbons (Fsp3) is 0.864. The Bertz CT molecular complexity index is 907. The Morgan fingerprint density at radius 2 is 1.76 bits per heavy atom. The molecule has 1 saturated heterocycles. The molecule has 1 aliphatic carbocycles. The monoisotopic (exact) mass is 559 g/mol. The zero-order valence-electron chi connectivity index (χ0n) is 20.8. The maximum Gasteiger partial charge on any atom is 0.407 e. The maximum absolute atomic E-state index is 13.0. The van der Waals surface area contributed by atoms with Crippen molar-refractivity contribution in [1.29, 1.82) is 0 Å². The van der Waals surface area contributed by atoms with Crippen LogP contribution in [0.5, 0.6) is 0 Å². The van der Waals surface area contributed by atoms with Gasteiger partial charge in [-0.25, -0.2) is 4.79 Å². The molecule has 0 bridgehead atoms. The topological polar surface area (TPSA) is 171 Å². The first-order chi connectivity index (χ1) is 17.1. The average Bonchev–Trinajstić information content (AvgIpc) is 3.19. The molecule has 0 aromatic carbocycles. The molecule has 1 unspecified atom stereocenters. The highest BCUT2D eigenvalue weighted by atomic mass is 32.2. The number of aliphatic hydroxyl groups excluding tert-OH is 1. The van der Waals surface area contributed by atoms with Crippen LogP contribution in [0.2, 0.25) is 0 Å². The minimum atomic E-state index is -4.99. The Balaban J connectivity index is 1.98. The van der Waals surface area contributed by atoms with E-state index < -0.39 is 57.7 Å². The van der Waals surface area contributed by atoms with Crippen molar-refractivity contribution >= 4 is 28.0 Å². The van der Waals surface area contributed by atoms with Gasteiger partial charge in [0.25, 0.3) is 10.1 Å². The summed E-state index contributed by atoms with van der Waals surface area (Å²) in [5, 5.41) is 17.4. The molecule has 1 aliphatic heterocycles. The second kappa shape index (κ2) is 13.1. The average molecular weight is 560 g/mol. The zero-order chi connectivity index (χ0) is 28.0. The van der Waals surface area contributed by atoms with Gasteiger partial charge in [-0.05, 0) is 56.8 Å². The van der Waals surface area contributed by atoms with Gasteiger partial charge in [-0.2, -0.15) is 21.6 Å². The maximum atomic E-state index is 13.0. The van der Waals surface area contributed by atoms with E-state index in [0.717, 1.165) is 0 Å². The van der Waals surface area contributed by atoms with Crippen LogP contribution < -0.4 is 16.0 Å². The lowest BCUT2D eigenvalue weighted by atomic mass is 9.82. The van der Waals surface area contributed by atoms with Crippen molar-refractivity contribution in [3.05, 3.63) is 0 Å². The number of hydrogen-bond acceptors (Lipinski definition) is 7. The zero-order valence-corrected chi connectivity index (χ0v) is 21.6. The molecule has 1 heterocycles. The summed E-state index contributed by atoms with van der Waals surface area (Å²) in [4.78, 5) is 37.3. The molecule has 0 aromatic heterocycles. The van der Waals surface area contributed by atoms with E-state index in [-0.39, 0.29) is 62.9 Å². The summed E-state index contributed by atoms with van der Waals surface area (Å²) in [5.41, 5.74) is -2.40. The van der Waals surface area contributed by atoms with Crippen LogP contribution in [0.1, 0.15) is 58.8 Å². The number of ether oxygens (including phenoxy) is 1. The van der Waals surface area contributed by atoms with E-state index in [9.17, 15) is 45.6 Å². The largest absolute Gasteiger partial charge is 0.449 e. The van der Waals surface area contributed by atoms with E-state index in [2.05, 4.69) is 16.0 Å². The normalized spacial score (nSPS) is 25.2. The number of aliphatic hydroxyl groups is 1. The molecule has 4 atom stereocenters. The standard InChI is InChI=1S/C22H36F3N3O8S/c1-12(2)9-16(28-21(32)36-11-13-3-5-15(6-4-13)22(23,24)25)19(30)27-17(20(31)37(33,34)35)10-14-7-8-26-18(14)29/h12-17,20,31H,3-11H2,1-2H3,(H,26,29)(H,27,30)(H,28,32)(H,33,34,35)/t13?,14-,15?,16-,17-,20?/m0/s1. The molecule has 15 heteroatoms. The van der Waals surface area contributed by atoms with Crippen LogP contribution in [0.3, 0.4) is 0 Å². The number of hydrogen-bond donors (Lipinski definition) is 5. The molecule has 2 fully saturated rings. The molecule has 2 aliphatic rings. The predicted molar refractivity (Wildman–Crippen MR) is 124 cm³/mol. The number of carbonyl (C=O) groups excluding carboxylic acids is 3. The summed E-state index contributed by atoms with van der Waals surface area (Å²) in [5.74, 6) is -3.66. The highest BCUT2D eigenvalue weighted by Crippen LogP contribution is 2.39. The third-order valence-corrected chi connectivity index (χ3v) is 7.69.